The van der Waals surface area contributed by atoms with Crippen LogP contribution in [0.2, 0.25) is 0 Å². The van der Waals surface area contributed by atoms with Gasteiger partial charge in [0.2, 0.25) is 0 Å². The second kappa shape index (κ2) is 6.68. The molecule has 1 aliphatic rings. The standard InChI is InChI=1S/C22H17NO4/c1-2-11-23-18-9-5-4-8-15(18)16(21(23)25)13-19(24)17-12-14-7-3-6-10-20(14)27-22(17)26/h3-10,12-13H,2,11H2,1H3/b16-13-. The molecule has 4 rings (SSSR count). The number of ketones is 1. The third kappa shape index (κ3) is 2.87. The molecule has 0 aliphatic carbocycles. The molecule has 5 heteroatoms. The molecule has 0 saturated carbocycles. The van der Waals surface area contributed by atoms with Crippen molar-refractivity contribution in [2.45, 2.75) is 13.3 Å². The highest BCUT2D eigenvalue weighted by atomic mass is 16.4. The Kier molecular flexibility index (Phi) is 4.20. The average Bonchev–Trinajstić information content (AvgIpc) is 2.93. The predicted molar refractivity (Wildman–Crippen MR) is 104 cm³/mol. The van der Waals surface area contributed by atoms with Crippen LogP contribution in [-0.2, 0) is 4.79 Å². The smallest absolute Gasteiger partial charge is 0.347 e. The molecule has 0 radical (unpaired) electrons. The summed E-state index contributed by atoms with van der Waals surface area (Å²) in [4.78, 5) is 39.5. The number of fused-ring (bicyclic) bond motifs is 2. The second-order valence-electron chi connectivity index (χ2n) is 6.38. The molecule has 1 aromatic heterocycles. The van der Waals surface area contributed by atoms with Crippen molar-refractivity contribution >= 4 is 33.9 Å². The van der Waals surface area contributed by atoms with E-state index < -0.39 is 11.4 Å². The van der Waals surface area contributed by atoms with Gasteiger partial charge in [0, 0.05) is 17.5 Å². The summed E-state index contributed by atoms with van der Waals surface area (Å²) >= 11 is 0. The topological polar surface area (TPSA) is 67.6 Å². The minimum absolute atomic E-state index is 0.0829. The molecular formula is C22H17NO4. The van der Waals surface area contributed by atoms with Crippen molar-refractivity contribution < 1.29 is 14.0 Å². The molecule has 1 amide bonds. The van der Waals surface area contributed by atoms with Crippen LogP contribution in [-0.4, -0.2) is 18.2 Å². The Balaban J connectivity index is 1.80. The first kappa shape index (κ1) is 17.0. The van der Waals surface area contributed by atoms with Crippen LogP contribution in [0.1, 0.15) is 29.3 Å². The quantitative estimate of drug-likeness (QED) is 0.403. The molecule has 0 N–H and O–H groups in total. The summed E-state index contributed by atoms with van der Waals surface area (Å²) in [6.07, 6.45) is 2.05. The van der Waals surface area contributed by atoms with Crippen LogP contribution in [0.15, 0.2) is 69.9 Å². The SMILES string of the molecule is CCCN1C(=O)/C(=C\C(=O)c2cc3ccccc3oc2=O)c2ccccc21. The molecule has 0 saturated heterocycles. The van der Waals surface area contributed by atoms with E-state index in [1.54, 1.807) is 29.2 Å². The van der Waals surface area contributed by atoms with Crippen LogP contribution in [0.3, 0.4) is 0 Å². The Morgan fingerprint density at radius 2 is 1.81 bits per heavy atom. The lowest BCUT2D eigenvalue weighted by Crippen LogP contribution is -2.27. The Hall–Kier alpha value is -3.47. The van der Waals surface area contributed by atoms with E-state index in [1.807, 2.05) is 31.2 Å². The van der Waals surface area contributed by atoms with Crippen LogP contribution < -0.4 is 10.5 Å². The molecule has 0 atom stereocenters. The molecule has 1 aliphatic heterocycles. The van der Waals surface area contributed by atoms with E-state index in [0.717, 1.165) is 12.1 Å². The molecular weight excluding hydrogens is 342 g/mol. The Bertz CT molecular complexity index is 1160. The zero-order valence-corrected chi connectivity index (χ0v) is 14.8. The summed E-state index contributed by atoms with van der Waals surface area (Å²) in [5, 5.41) is 0.657. The van der Waals surface area contributed by atoms with Gasteiger partial charge in [-0.3, -0.25) is 9.59 Å². The predicted octanol–water partition coefficient (Wildman–Crippen LogP) is 3.82. The number of rotatable bonds is 4. The fraction of sp³-hybridized carbons (Fsp3) is 0.136. The van der Waals surface area contributed by atoms with Gasteiger partial charge in [-0.2, -0.15) is 0 Å². The Morgan fingerprint density at radius 1 is 1.07 bits per heavy atom. The Morgan fingerprint density at radius 3 is 2.63 bits per heavy atom. The fourth-order valence-electron chi connectivity index (χ4n) is 3.33. The van der Waals surface area contributed by atoms with E-state index >= 15 is 0 Å². The van der Waals surface area contributed by atoms with Crippen molar-refractivity contribution in [3.63, 3.8) is 0 Å². The van der Waals surface area contributed by atoms with Crippen molar-refractivity contribution in [3.05, 3.63) is 82.2 Å². The summed E-state index contributed by atoms with van der Waals surface area (Å²) < 4.78 is 5.23. The largest absolute Gasteiger partial charge is 0.422 e. The van der Waals surface area contributed by atoms with Gasteiger partial charge in [-0.05, 0) is 30.7 Å². The highest BCUT2D eigenvalue weighted by molar-refractivity contribution is 6.35. The number of amides is 1. The first-order valence-electron chi connectivity index (χ1n) is 8.80. The highest BCUT2D eigenvalue weighted by Gasteiger charge is 2.32. The van der Waals surface area contributed by atoms with Gasteiger partial charge < -0.3 is 9.32 Å². The average molecular weight is 359 g/mol. The van der Waals surface area contributed by atoms with Crippen molar-refractivity contribution in [3.8, 4) is 0 Å². The van der Waals surface area contributed by atoms with Crippen molar-refractivity contribution in [2.24, 2.45) is 0 Å². The minimum Gasteiger partial charge on any atom is -0.422 e. The summed E-state index contributed by atoms with van der Waals surface area (Å²) in [5.74, 6) is -0.761. The molecule has 0 fully saturated rings. The zero-order chi connectivity index (χ0) is 19.0. The third-order valence-electron chi connectivity index (χ3n) is 4.59. The van der Waals surface area contributed by atoms with E-state index in [0.29, 0.717) is 28.7 Å². The molecule has 2 aromatic carbocycles. The van der Waals surface area contributed by atoms with Gasteiger partial charge in [0.25, 0.3) is 5.91 Å². The molecule has 0 unspecified atom stereocenters. The van der Waals surface area contributed by atoms with Gasteiger partial charge in [-0.15, -0.1) is 0 Å². The zero-order valence-electron chi connectivity index (χ0n) is 14.8. The van der Waals surface area contributed by atoms with Gasteiger partial charge in [-0.1, -0.05) is 43.3 Å². The van der Waals surface area contributed by atoms with Crippen LogP contribution >= 0.6 is 0 Å². The number of allylic oxidation sites excluding steroid dienone is 1. The van der Waals surface area contributed by atoms with Crippen LogP contribution in [0, 0.1) is 0 Å². The van der Waals surface area contributed by atoms with Gasteiger partial charge in [0.15, 0.2) is 5.78 Å². The van der Waals surface area contributed by atoms with Crippen LogP contribution in [0.25, 0.3) is 16.5 Å². The number of hydrogen-bond donors (Lipinski definition) is 0. The van der Waals surface area contributed by atoms with E-state index in [1.165, 1.54) is 12.1 Å². The van der Waals surface area contributed by atoms with Crippen molar-refractivity contribution in [1.29, 1.82) is 0 Å². The highest BCUT2D eigenvalue weighted by Crippen LogP contribution is 2.36. The van der Waals surface area contributed by atoms with Gasteiger partial charge in [-0.25, -0.2) is 4.79 Å². The fourth-order valence-corrected chi connectivity index (χ4v) is 3.33. The maximum Gasteiger partial charge on any atom is 0.347 e. The summed E-state index contributed by atoms with van der Waals surface area (Å²) in [5.41, 5.74) is 1.42. The Labute approximate surface area is 155 Å². The van der Waals surface area contributed by atoms with E-state index in [2.05, 4.69) is 0 Å². The molecule has 27 heavy (non-hydrogen) atoms. The van der Waals surface area contributed by atoms with E-state index in [4.69, 9.17) is 4.42 Å². The summed E-state index contributed by atoms with van der Waals surface area (Å²) in [6.45, 7) is 2.56. The third-order valence-corrected chi connectivity index (χ3v) is 4.59. The monoisotopic (exact) mass is 359 g/mol. The van der Waals surface area contributed by atoms with E-state index in [-0.39, 0.29) is 11.5 Å². The number of benzene rings is 2. The lowest BCUT2D eigenvalue weighted by atomic mass is 10.0. The van der Waals surface area contributed by atoms with Crippen LogP contribution in [0.4, 0.5) is 5.69 Å². The van der Waals surface area contributed by atoms with E-state index in [9.17, 15) is 14.4 Å². The second-order valence-corrected chi connectivity index (χ2v) is 6.38. The van der Waals surface area contributed by atoms with Gasteiger partial charge in [0.1, 0.15) is 11.1 Å². The lowest BCUT2D eigenvalue weighted by molar-refractivity contribution is -0.113. The first-order valence-corrected chi connectivity index (χ1v) is 8.80. The maximum absolute atomic E-state index is 12.8. The van der Waals surface area contributed by atoms with Gasteiger partial charge in [0.05, 0.1) is 11.3 Å². The maximum atomic E-state index is 12.8. The molecule has 3 aromatic rings. The minimum atomic E-state index is -0.709. The molecule has 2 heterocycles. The number of carbonyl (C=O) groups excluding carboxylic acids is 2. The number of hydrogen-bond acceptors (Lipinski definition) is 4. The lowest BCUT2D eigenvalue weighted by Gasteiger charge is -2.15. The summed E-state index contributed by atoms with van der Waals surface area (Å²) in [6, 6.07) is 15.9. The molecule has 5 nitrogen and oxygen atoms in total. The van der Waals surface area contributed by atoms with Gasteiger partial charge >= 0.3 is 5.63 Å². The number of carbonyl (C=O) groups is 2. The van der Waals surface area contributed by atoms with Crippen molar-refractivity contribution in [1.82, 2.24) is 0 Å². The number of para-hydroxylation sites is 2. The number of nitrogens with zero attached hydrogens (tertiary/aromatic N) is 1. The normalized spacial score (nSPS) is 14.8. The van der Waals surface area contributed by atoms with Crippen molar-refractivity contribution in [2.75, 3.05) is 11.4 Å². The molecule has 134 valence electrons. The van der Waals surface area contributed by atoms with Crippen LogP contribution in [0.5, 0.6) is 0 Å². The first-order chi connectivity index (χ1) is 13.1. The molecule has 0 spiro atoms. The number of anilines is 1. The summed E-state index contributed by atoms with van der Waals surface area (Å²) in [7, 11) is 0. The molecule has 0 bridgehead atoms.